The van der Waals surface area contributed by atoms with E-state index in [4.69, 9.17) is 15.6 Å². The topological polar surface area (TPSA) is 86.2 Å². The lowest BCUT2D eigenvalue weighted by molar-refractivity contribution is -0.0161. The molecule has 6 heteroatoms. The Hall–Kier alpha value is -1.66. The second kappa shape index (κ2) is 4.79. The van der Waals surface area contributed by atoms with Crippen molar-refractivity contribution in [1.29, 1.82) is 0 Å². The SMILES string of the molecule is CC1CC(CCO)OC1n1ccc2c(N)ncnc21. The molecule has 0 radical (unpaired) electrons. The minimum absolute atomic E-state index is 0.0525. The van der Waals surface area contributed by atoms with E-state index in [1.54, 1.807) is 0 Å². The molecule has 19 heavy (non-hydrogen) atoms. The zero-order valence-electron chi connectivity index (χ0n) is 10.9. The van der Waals surface area contributed by atoms with Crippen molar-refractivity contribution in [3.8, 4) is 0 Å². The second-order valence-corrected chi connectivity index (χ2v) is 5.09. The van der Waals surface area contributed by atoms with Crippen molar-refractivity contribution in [3.05, 3.63) is 18.6 Å². The van der Waals surface area contributed by atoms with Gasteiger partial charge in [-0.05, 0) is 18.9 Å². The molecule has 1 aliphatic heterocycles. The average Bonchev–Trinajstić information content (AvgIpc) is 2.94. The molecular formula is C13H18N4O2. The molecule has 0 spiro atoms. The van der Waals surface area contributed by atoms with Gasteiger partial charge in [-0.1, -0.05) is 6.92 Å². The number of aliphatic hydroxyl groups is 1. The number of hydrogen-bond acceptors (Lipinski definition) is 5. The van der Waals surface area contributed by atoms with E-state index in [1.807, 2.05) is 16.8 Å². The van der Waals surface area contributed by atoms with E-state index >= 15 is 0 Å². The maximum absolute atomic E-state index is 9.01. The van der Waals surface area contributed by atoms with Crippen LogP contribution in [0, 0.1) is 5.92 Å². The van der Waals surface area contributed by atoms with Crippen LogP contribution in [0.3, 0.4) is 0 Å². The number of anilines is 1. The van der Waals surface area contributed by atoms with Gasteiger partial charge in [0.2, 0.25) is 0 Å². The molecule has 3 heterocycles. The van der Waals surface area contributed by atoms with Gasteiger partial charge in [-0.25, -0.2) is 9.97 Å². The molecule has 0 bridgehead atoms. The number of hydrogen-bond donors (Lipinski definition) is 2. The summed E-state index contributed by atoms with van der Waals surface area (Å²) in [5.74, 6) is 0.865. The molecular weight excluding hydrogens is 244 g/mol. The minimum Gasteiger partial charge on any atom is -0.396 e. The highest BCUT2D eigenvalue weighted by atomic mass is 16.5. The Labute approximate surface area is 111 Å². The molecule has 1 saturated heterocycles. The van der Waals surface area contributed by atoms with Gasteiger partial charge in [-0.15, -0.1) is 0 Å². The molecule has 3 atom stereocenters. The largest absolute Gasteiger partial charge is 0.396 e. The van der Waals surface area contributed by atoms with Crippen molar-refractivity contribution in [1.82, 2.24) is 14.5 Å². The lowest BCUT2D eigenvalue weighted by atomic mass is 10.0. The normalized spacial score (nSPS) is 27.2. The number of nitrogens with zero attached hydrogens (tertiary/aromatic N) is 3. The van der Waals surface area contributed by atoms with Gasteiger partial charge in [0.25, 0.3) is 0 Å². The summed E-state index contributed by atoms with van der Waals surface area (Å²) in [6.45, 7) is 2.31. The third kappa shape index (κ3) is 2.06. The Morgan fingerprint density at radius 2 is 2.37 bits per heavy atom. The highest BCUT2D eigenvalue weighted by molar-refractivity contribution is 5.86. The van der Waals surface area contributed by atoms with Crippen LogP contribution in [0.1, 0.15) is 26.0 Å². The first-order valence-corrected chi connectivity index (χ1v) is 6.54. The quantitative estimate of drug-likeness (QED) is 0.871. The van der Waals surface area contributed by atoms with Gasteiger partial charge in [0.05, 0.1) is 11.5 Å². The predicted octanol–water partition coefficient (Wildman–Crippen LogP) is 1.32. The lowest BCUT2D eigenvalue weighted by Crippen LogP contribution is -2.14. The van der Waals surface area contributed by atoms with E-state index in [1.165, 1.54) is 6.33 Å². The van der Waals surface area contributed by atoms with Crippen molar-refractivity contribution >= 4 is 16.9 Å². The minimum atomic E-state index is -0.0525. The Kier molecular flexibility index (Phi) is 3.12. The van der Waals surface area contributed by atoms with Crippen molar-refractivity contribution in [3.63, 3.8) is 0 Å². The van der Waals surface area contributed by atoms with Crippen LogP contribution < -0.4 is 5.73 Å². The highest BCUT2D eigenvalue weighted by Gasteiger charge is 2.33. The summed E-state index contributed by atoms with van der Waals surface area (Å²) < 4.78 is 8.02. The first-order chi connectivity index (χ1) is 9.20. The Morgan fingerprint density at radius 3 is 3.16 bits per heavy atom. The first kappa shape index (κ1) is 12.4. The molecule has 0 saturated carbocycles. The number of rotatable bonds is 3. The average molecular weight is 262 g/mol. The molecule has 2 aromatic heterocycles. The molecule has 1 aliphatic rings. The fourth-order valence-electron chi connectivity index (χ4n) is 2.78. The van der Waals surface area contributed by atoms with Gasteiger partial charge in [-0.2, -0.15) is 0 Å². The number of aliphatic hydroxyl groups excluding tert-OH is 1. The van der Waals surface area contributed by atoms with Gasteiger partial charge >= 0.3 is 0 Å². The third-order valence-corrected chi connectivity index (χ3v) is 3.72. The summed E-state index contributed by atoms with van der Waals surface area (Å²) in [5, 5.41) is 9.86. The van der Waals surface area contributed by atoms with E-state index in [0.717, 1.165) is 17.5 Å². The predicted molar refractivity (Wildman–Crippen MR) is 71.3 cm³/mol. The Bertz CT molecular complexity index is 583. The third-order valence-electron chi connectivity index (χ3n) is 3.72. The molecule has 2 aromatic rings. The smallest absolute Gasteiger partial charge is 0.147 e. The molecule has 0 aromatic carbocycles. The summed E-state index contributed by atoms with van der Waals surface area (Å²) >= 11 is 0. The van der Waals surface area contributed by atoms with Gasteiger partial charge in [0.1, 0.15) is 24.0 Å². The van der Waals surface area contributed by atoms with Crippen LogP contribution in [0.2, 0.25) is 0 Å². The van der Waals surface area contributed by atoms with E-state index < -0.39 is 0 Å². The molecule has 102 valence electrons. The number of aromatic nitrogens is 3. The Balaban J connectivity index is 1.94. The van der Waals surface area contributed by atoms with Crippen LogP contribution in [0.25, 0.3) is 11.0 Å². The van der Waals surface area contributed by atoms with Crippen LogP contribution in [-0.2, 0) is 4.74 Å². The van der Waals surface area contributed by atoms with E-state index in [-0.39, 0.29) is 18.9 Å². The van der Waals surface area contributed by atoms with Crippen LogP contribution in [-0.4, -0.2) is 32.4 Å². The summed E-state index contributed by atoms with van der Waals surface area (Å²) in [5.41, 5.74) is 6.64. The van der Waals surface area contributed by atoms with Crippen LogP contribution >= 0.6 is 0 Å². The Morgan fingerprint density at radius 1 is 1.53 bits per heavy atom. The molecule has 6 nitrogen and oxygen atoms in total. The maximum atomic E-state index is 9.01. The lowest BCUT2D eigenvalue weighted by Gasteiger charge is -2.18. The van der Waals surface area contributed by atoms with Gasteiger partial charge in [0, 0.05) is 18.7 Å². The summed E-state index contributed by atoms with van der Waals surface area (Å²) in [6, 6.07) is 1.92. The van der Waals surface area contributed by atoms with Gasteiger partial charge in [-0.3, -0.25) is 0 Å². The molecule has 0 aliphatic carbocycles. The summed E-state index contributed by atoms with van der Waals surface area (Å²) in [4.78, 5) is 8.28. The first-order valence-electron chi connectivity index (χ1n) is 6.54. The zero-order chi connectivity index (χ0) is 13.4. The van der Waals surface area contributed by atoms with Crippen LogP contribution in [0.15, 0.2) is 18.6 Å². The zero-order valence-corrected chi connectivity index (χ0v) is 10.9. The fourth-order valence-corrected chi connectivity index (χ4v) is 2.78. The van der Waals surface area contributed by atoms with Gasteiger partial charge < -0.3 is 20.1 Å². The standard InChI is InChI=1S/C13H18N4O2/c1-8-6-9(3-5-18)19-13(8)17-4-2-10-11(14)15-7-16-12(10)17/h2,4,7-9,13,18H,3,5-6H2,1H3,(H2,14,15,16). The van der Waals surface area contributed by atoms with Crippen molar-refractivity contribution < 1.29 is 9.84 Å². The van der Waals surface area contributed by atoms with E-state index in [0.29, 0.717) is 18.2 Å². The number of nitrogen functional groups attached to an aromatic ring is 1. The van der Waals surface area contributed by atoms with Crippen LogP contribution in [0.4, 0.5) is 5.82 Å². The maximum Gasteiger partial charge on any atom is 0.147 e. The molecule has 1 fully saturated rings. The van der Waals surface area contributed by atoms with Crippen molar-refractivity contribution in [2.75, 3.05) is 12.3 Å². The summed E-state index contributed by atoms with van der Waals surface area (Å²) in [7, 11) is 0. The van der Waals surface area contributed by atoms with Gasteiger partial charge in [0.15, 0.2) is 0 Å². The monoisotopic (exact) mass is 262 g/mol. The molecule has 0 amide bonds. The fraction of sp³-hybridized carbons (Fsp3) is 0.538. The number of fused-ring (bicyclic) bond motifs is 1. The van der Waals surface area contributed by atoms with Crippen LogP contribution in [0.5, 0.6) is 0 Å². The van der Waals surface area contributed by atoms with Crippen molar-refractivity contribution in [2.24, 2.45) is 5.92 Å². The van der Waals surface area contributed by atoms with Crippen molar-refractivity contribution in [2.45, 2.75) is 32.1 Å². The molecule has 3 N–H and O–H groups in total. The highest BCUT2D eigenvalue weighted by Crippen LogP contribution is 2.37. The molecule has 3 rings (SSSR count). The van der Waals surface area contributed by atoms with E-state index in [2.05, 4.69) is 16.9 Å². The molecule has 3 unspecified atom stereocenters. The number of ether oxygens (including phenoxy) is 1. The van der Waals surface area contributed by atoms with E-state index in [9.17, 15) is 0 Å². The summed E-state index contributed by atoms with van der Waals surface area (Å²) in [6.07, 6.45) is 5.10. The second-order valence-electron chi connectivity index (χ2n) is 5.09. The number of nitrogens with two attached hydrogens (primary N) is 1.